The van der Waals surface area contributed by atoms with Crippen LogP contribution in [0.1, 0.15) is 26.1 Å². The van der Waals surface area contributed by atoms with Gasteiger partial charge in [-0.15, -0.1) is 0 Å². The van der Waals surface area contributed by atoms with Crippen molar-refractivity contribution in [3.63, 3.8) is 0 Å². The van der Waals surface area contributed by atoms with Crippen LogP contribution in [0.2, 0.25) is 10.0 Å². The molecule has 24 heavy (non-hydrogen) atoms. The molecule has 0 saturated carbocycles. The first kappa shape index (κ1) is 18.3. The normalized spacial score (nSPS) is 12.7. The van der Waals surface area contributed by atoms with Crippen LogP contribution in [0.4, 0.5) is 0 Å². The van der Waals surface area contributed by atoms with Crippen molar-refractivity contribution in [1.82, 2.24) is 14.9 Å². The van der Waals surface area contributed by atoms with E-state index in [1.807, 2.05) is 13.8 Å². The summed E-state index contributed by atoms with van der Waals surface area (Å²) in [6.45, 7) is 3.81. The highest BCUT2D eigenvalue weighted by molar-refractivity contribution is 6.39. The fourth-order valence-corrected chi connectivity index (χ4v) is 2.71. The zero-order chi connectivity index (χ0) is 17.9. The largest absolute Gasteiger partial charge is 0.384 e. The average molecular weight is 368 g/mol. The molecule has 0 atom stereocenters. The maximum absolute atomic E-state index is 13.0. The van der Waals surface area contributed by atoms with Crippen molar-refractivity contribution in [2.45, 2.75) is 26.7 Å². The average Bonchev–Trinajstić information content (AvgIpc) is 2.59. The number of fused-ring (bicyclic) bond motifs is 1. The Morgan fingerprint density at radius 1 is 1.38 bits per heavy atom. The van der Waals surface area contributed by atoms with Crippen LogP contribution in [0, 0.1) is 0 Å². The molecule has 1 aromatic carbocycles. The van der Waals surface area contributed by atoms with Gasteiger partial charge < -0.3 is 11.1 Å². The molecule has 0 saturated heterocycles. The van der Waals surface area contributed by atoms with Crippen molar-refractivity contribution < 1.29 is 0 Å². The second-order valence-electron chi connectivity index (χ2n) is 5.01. The first-order valence-electron chi connectivity index (χ1n) is 7.54. The molecule has 8 heteroatoms. The number of nitrogens with one attached hydrogen (secondary N) is 1. The molecule has 0 aliphatic heterocycles. The van der Waals surface area contributed by atoms with Crippen LogP contribution >= 0.6 is 23.2 Å². The number of hydrogen-bond acceptors (Lipinski definition) is 5. The van der Waals surface area contributed by atoms with Gasteiger partial charge in [0.15, 0.2) is 0 Å². The first-order chi connectivity index (χ1) is 11.4. The second-order valence-corrected chi connectivity index (χ2v) is 5.82. The van der Waals surface area contributed by atoms with Gasteiger partial charge in [0, 0.05) is 19.9 Å². The summed E-state index contributed by atoms with van der Waals surface area (Å²) in [4.78, 5) is 21.9. The number of hydrogen-bond donors (Lipinski definition) is 2. The molecule has 0 fully saturated rings. The van der Waals surface area contributed by atoms with Gasteiger partial charge >= 0.3 is 0 Å². The summed E-state index contributed by atoms with van der Waals surface area (Å²) in [5.41, 5.74) is 5.81. The lowest BCUT2D eigenvalue weighted by molar-refractivity contribution is 0.848. The molecule has 0 bridgehead atoms. The van der Waals surface area contributed by atoms with E-state index in [1.165, 1.54) is 10.8 Å². The Hall–Kier alpha value is -2.05. The topological polar surface area (TPSA) is 85.3 Å². The van der Waals surface area contributed by atoms with Crippen molar-refractivity contribution in [1.29, 1.82) is 0 Å². The highest BCUT2D eigenvalue weighted by Crippen LogP contribution is 2.26. The molecule has 0 radical (unpaired) electrons. The molecular formula is C16H19Cl2N5O. The lowest BCUT2D eigenvalue weighted by Gasteiger charge is -2.14. The van der Waals surface area contributed by atoms with Crippen LogP contribution in [0.5, 0.6) is 0 Å². The van der Waals surface area contributed by atoms with E-state index in [4.69, 9.17) is 28.9 Å². The number of halogens is 2. The summed E-state index contributed by atoms with van der Waals surface area (Å²) in [6.07, 6.45) is 2.53. The Morgan fingerprint density at radius 3 is 2.62 bits per heavy atom. The molecule has 3 N–H and O–H groups in total. The fourth-order valence-electron chi connectivity index (χ4n) is 2.28. The van der Waals surface area contributed by atoms with Crippen molar-refractivity contribution in [3.8, 4) is 0 Å². The van der Waals surface area contributed by atoms with Gasteiger partial charge in [-0.25, -0.2) is 9.98 Å². The number of aromatic nitrogens is 2. The van der Waals surface area contributed by atoms with Gasteiger partial charge in [0.25, 0.3) is 5.56 Å². The molecule has 0 spiro atoms. The van der Waals surface area contributed by atoms with Crippen molar-refractivity contribution >= 4 is 39.9 Å². The Balaban J connectivity index is 2.85. The monoisotopic (exact) mass is 367 g/mol. The van der Waals surface area contributed by atoms with Crippen LogP contribution < -0.4 is 16.6 Å². The first-order valence-corrected chi connectivity index (χ1v) is 8.30. The van der Waals surface area contributed by atoms with Crippen LogP contribution in [0.3, 0.4) is 0 Å². The van der Waals surface area contributed by atoms with Crippen LogP contribution in [-0.2, 0) is 6.42 Å². The van der Waals surface area contributed by atoms with E-state index in [1.54, 1.807) is 19.2 Å². The van der Waals surface area contributed by atoms with Crippen LogP contribution in [0.25, 0.3) is 10.9 Å². The van der Waals surface area contributed by atoms with Gasteiger partial charge in [0.05, 0.1) is 27.1 Å². The summed E-state index contributed by atoms with van der Waals surface area (Å²) in [5.74, 6) is 1.48. The van der Waals surface area contributed by atoms with E-state index in [0.29, 0.717) is 45.9 Å². The molecule has 0 unspecified atom stereocenters. The minimum absolute atomic E-state index is 0.285. The molecular weight excluding hydrogens is 349 g/mol. The lowest BCUT2D eigenvalue weighted by Crippen LogP contribution is -2.31. The quantitative estimate of drug-likeness (QED) is 0.642. The third-order valence-corrected chi connectivity index (χ3v) is 4.15. The fraction of sp³-hybridized carbons (Fsp3) is 0.312. The molecule has 2 aromatic rings. The zero-order valence-electron chi connectivity index (χ0n) is 13.7. The lowest BCUT2D eigenvalue weighted by atomic mass is 10.2. The number of nitrogens with zero attached hydrogens (tertiary/aromatic N) is 3. The summed E-state index contributed by atoms with van der Waals surface area (Å²) in [7, 11) is 1.69. The number of aliphatic imine (C=N–C) groups is 1. The predicted molar refractivity (Wildman–Crippen MR) is 99.9 cm³/mol. The zero-order valence-corrected chi connectivity index (χ0v) is 15.2. The Kier molecular flexibility index (Phi) is 5.85. The Labute approximate surface area is 150 Å². The molecule has 2 rings (SSSR count). The highest BCUT2D eigenvalue weighted by atomic mass is 35.5. The summed E-state index contributed by atoms with van der Waals surface area (Å²) >= 11 is 12.4. The SMILES string of the molecule is CC/C(=N\C=C(\N)NC)n1c(CC)nc2c(Cl)ccc(Cl)c2c1=O. The molecule has 0 amide bonds. The van der Waals surface area contributed by atoms with Gasteiger partial charge in [0.1, 0.15) is 17.5 Å². The Morgan fingerprint density at radius 2 is 2.04 bits per heavy atom. The summed E-state index contributed by atoms with van der Waals surface area (Å²) in [5, 5.41) is 3.76. The highest BCUT2D eigenvalue weighted by Gasteiger charge is 2.17. The smallest absolute Gasteiger partial charge is 0.268 e. The van der Waals surface area contributed by atoms with Crippen LogP contribution in [0.15, 0.2) is 33.9 Å². The molecule has 1 aromatic heterocycles. The molecule has 0 aliphatic rings. The van der Waals surface area contributed by atoms with Crippen LogP contribution in [-0.4, -0.2) is 22.4 Å². The van der Waals surface area contributed by atoms with Gasteiger partial charge in [0.2, 0.25) is 0 Å². The van der Waals surface area contributed by atoms with Crippen molar-refractivity contribution in [3.05, 3.63) is 50.4 Å². The molecule has 1 heterocycles. The number of benzene rings is 1. The third-order valence-electron chi connectivity index (χ3n) is 3.53. The van der Waals surface area contributed by atoms with E-state index in [0.717, 1.165) is 0 Å². The third kappa shape index (κ3) is 3.39. The second kappa shape index (κ2) is 7.68. The van der Waals surface area contributed by atoms with E-state index < -0.39 is 0 Å². The van der Waals surface area contributed by atoms with E-state index >= 15 is 0 Å². The Bertz CT molecular complexity index is 886. The number of nitrogens with two attached hydrogens (primary N) is 1. The number of aryl methyl sites for hydroxylation is 1. The minimum atomic E-state index is -0.290. The maximum Gasteiger partial charge on any atom is 0.268 e. The summed E-state index contributed by atoms with van der Waals surface area (Å²) < 4.78 is 1.48. The van der Waals surface area contributed by atoms with E-state index in [9.17, 15) is 4.79 Å². The maximum atomic E-state index is 13.0. The van der Waals surface area contributed by atoms with Gasteiger partial charge in [-0.05, 0) is 12.1 Å². The predicted octanol–water partition coefficient (Wildman–Crippen LogP) is 2.90. The van der Waals surface area contributed by atoms with Gasteiger partial charge in [-0.2, -0.15) is 0 Å². The van der Waals surface area contributed by atoms with Gasteiger partial charge in [-0.1, -0.05) is 37.0 Å². The standard InChI is InChI=1S/C16H19Cl2N5O/c1-4-12(21-8-11(19)20-3)23-13(5-2)22-15-10(18)7-6-9(17)14(15)16(23)24/h6-8,20H,4-5,19H2,1-3H3/b11-8-,21-12+. The summed E-state index contributed by atoms with van der Waals surface area (Å²) in [6, 6.07) is 3.22. The number of rotatable bonds is 4. The molecule has 6 nitrogen and oxygen atoms in total. The van der Waals surface area contributed by atoms with E-state index in [2.05, 4.69) is 15.3 Å². The van der Waals surface area contributed by atoms with Crippen molar-refractivity contribution in [2.24, 2.45) is 10.7 Å². The van der Waals surface area contributed by atoms with E-state index in [-0.39, 0.29) is 10.9 Å². The minimum Gasteiger partial charge on any atom is -0.384 e. The molecule has 0 aliphatic carbocycles. The molecule has 128 valence electrons. The van der Waals surface area contributed by atoms with Crippen molar-refractivity contribution in [2.75, 3.05) is 7.05 Å². The van der Waals surface area contributed by atoms with Gasteiger partial charge in [-0.3, -0.25) is 9.36 Å².